The zero-order chi connectivity index (χ0) is 10.8. The quantitative estimate of drug-likeness (QED) is 0.818. The van der Waals surface area contributed by atoms with Crippen LogP contribution in [-0.2, 0) is 16.0 Å². The number of esters is 1. The maximum Gasteiger partial charge on any atom is 0.311 e. The lowest BCUT2D eigenvalue weighted by Crippen LogP contribution is -2.07. The molecule has 0 amide bonds. The number of nitrogens with zero attached hydrogens (tertiary/aromatic N) is 2. The molecule has 0 atom stereocenters. The highest BCUT2D eigenvalue weighted by molar-refractivity contribution is 8.93. The molecule has 0 aromatic carbocycles. The molecular weight excluding hydrogens is 292 g/mol. The second-order valence-corrected chi connectivity index (χ2v) is 4.46. The number of aromatic nitrogens is 2. The smallest absolute Gasteiger partial charge is 0.311 e. The standard InChI is InChI=1S/C10H12N2O2S.BrH/c1-3-14-9(13)4-8-6-12-5-7(2)15-10(12)11-8;/h5-6H,3-4H2,1-2H3;1H. The first-order chi connectivity index (χ1) is 7.19. The molecule has 16 heavy (non-hydrogen) atoms. The Morgan fingerprint density at radius 1 is 1.56 bits per heavy atom. The fourth-order valence-electron chi connectivity index (χ4n) is 1.40. The number of carbonyl (C=O) groups is 1. The lowest BCUT2D eigenvalue weighted by Gasteiger charge is -1.97. The highest BCUT2D eigenvalue weighted by Gasteiger charge is 2.09. The van der Waals surface area contributed by atoms with Crippen LogP contribution in [0.2, 0.25) is 0 Å². The van der Waals surface area contributed by atoms with Gasteiger partial charge in [-0.3, -0.25) is 9.20 Å². The van der Waals surface area contributed by atoms with Crippen molar-refractivity contribution in [2.24, 2.45) is 0 Å². The molecule has 2 rings (SSSR count). The first-order valence-electron chi connectivity index (χ1n) is 4.78. The van der Waals surface area contributed by atoms with Gasteiger partial charge in [-0.15, -0.1) is 28.3 Å². The van der Waals surface area contributed by atoms with Crippen LogP contribution < -0.4 is 0 Å². The number of hydrogen-bond donors (Lipinski definition) is 0. The average molecular weight is 305 g/mol. The van der Waals surface area contributed by atoms with Gasteiger partial charge in [0, 0.05) is 17.3 Å². The molecule has 0 fully saturated rings. The molecular formula is C10H13BrN2O2S. The molecule has 0 radical (unpaired) electrons. The van der Waals surface area contributed by atoms with Crippen molar-refractivity contribution in [1.29, 1.82) is 0 Å². The Balaban J connectivity index is 0.00000128. The van der Waals surface area contributed by atoms with Gasteiger partial charge < -0.3 is 4.74 Å². The molecule has 0 N–H and O–H groups in total. The van der Waals surface area contributed by atoms with Crippen LogP contribution in [-0.4, -0.2) is 22.0 Å². The molecule has 0 saturated carbocycles. The third-order valence-electron chi connectivity index (χ3n) is 1.95. The Kier molecular flexibility index (Phi) is 4.49. The van der Waals surface area contributed by atoms with E-state index >= 15 is 0 Å². The van der Waals surface area contributed by atoms with Gasteiger partial charge in [0.05, 0.1) is 18.7 Å². The monoisotopic (exact) mass is 304 g/mol. The van der Waals surface area contributed by atoms with Crippen LogP contribution in [0.3, 0.4) is 0 Å². The maximum atomic E-state index is 11.2. The average Bonchev–Trinajstić information content (AvgIpc) is 2.60. The molecule has 6 heteroatoms. The van der Waals surface area contributed by atoms with E-state index in [4.69, 9.17) is 4.74 Å². The summed E-state index contributed by atoms with van der Waals surface area (Å²) in [5.74, 6) is -0.222. The van der Waals surface area contributed by atoms with Crippen LogP contribution >= 0.6 is 28.3 Å². The van der Waals surface area contributed by atoms with Crippen LogP contribution in [0.1, 0.15) is 17.5 Å². The second-order valence-electron chi connectivity index (χ2n) is 3.25. The van der Waals surface area contributed by atoms with Crippen LogP contribution in [0.25, 0.3) is 4.96 Å². The molecule has 0 bridgehead atoms. The maximum absolute atomic E-state index is 11.2. The lowest BCUT2D eigenvalue weighted by atomic mass is 10.3. The summed E-state index contributed by atoms with van der Waals surface area (Å²) < 4.78 is 6.80. The Labute approximate surface area is 108 Å². The second kappa shape index (κ2) is 5.45. The van der Waals surface area contributed by atoms with Gasteiger partial charge in [0.15, 0.2) is 4.96 Å². The number of ether oxygens (including phenoxy) is 1. The van der Waals surface area contributed by atoms with Crippen molar-refractivity contribution in [3.05, 3.63) is 23.0 Å². The molecule has 2 heterocycles. The Bertz CT molecular complexity index is 460. The number of carbonyl (C=O) groups excluding carboxylic acids is 1. The summed E-state index contributed by atoms with van der Waals surface area (Å²) in [7, 11) is 0. The normalized spacial score (nSPS) is 10.1. The topological polar surface area (TPSA) is 43.6 Å². The molecule has 88 valence electrons. The lowest BCUT2D eigenvalue weighted by molar-refractivity contribution is -0.142. The molecule has 0 spiro atoms. The van der Waals surface area contributed by atoms with Gasteiger partial charge in [-0.05, 0) is 13.8 Å². The van der Waals surface area contributed by atoms with Crippen molar-refractivity contribution in [2.75, 3.05) is 6.61 Å². The van der Waals surface area contributed by atoms with E-state index in [-0.39, 0.29) is 29.4 Å². The van der Waals surface area contributed by atoms with Crippen molar-refractivity contribution in [3.63, 3.8) is 0 Å². The first-order valence-corrected chi connectivity index (χ1v) is 5.60. The van der Waals surface area contributed by atoms with Gasteiger partial charge >= 0.3 is 5.97 Å². The molecule has 2 aromatic rings. The third kappa shape index (κ3) is 2.82. The van der Waals surface area contributed by atoms with Crippen molar-refractivity contribution in [3.8, 4) is 0 Å². The van der Waals surface area contributed by atoms with Crippen LogP contribution in [0, 0.1) is 6.92 Å². The summed E-state index contributed by atoms with van der Waals surface area (Å²) in [6.07, 6.45) is 4.12. The van der Waals surface area contributed by atoms with Crippen molar-refractivity contribution in [1.82, 2.24) is 9.38 Å². The van der Waals surface area contributed by atoms with Crippen molar-refractivity contribution < 1.29 is 9.53 Å². The van der Waals surface area contributed by atoms with E-state index in [1.54, 1.807) is 18.3 Å². The summed E-state index contributed by atoms with van der Waals surface area (Å²) in [5, 5.41) is 0. The Hall–Kier alpha value is -0.880. The molecule has 0 aliphatic rings. The number of thiazole rings is 1. The largest absolute Gasteiger partial charge is 0.466 e. The van der Waals surface area contributed by atoms with Gasteiger partial charge in [0.1, 0.15) is 0 Å². The fourth-order valence-corrected chi connectivity index (χ4v) is 2.23. The first kappa shape index (κ1) is 13.2. The molecule has 0 saturated heterocycles. The molecule has 0 aliphatic carbocycles. The number of fused-ring (bicyclic) bond motifs is 1. The van der Waals surface area contributed by atoms with Gasteiger partial charge in [0.2, 0.25) is 0 Å². The number of rotatable bonds is 3. The number of aryl methyl sites for hydroxylation is 1. The van der Waals surface area contributed by atoms with Crippen molar-refractivity contribution in [2.45, 2.75) is 20.3 Å². The highest BCUT2D eigenvalue weighted by Crippen LogP contribution is 2.16. The highest BCUT2D eigenvalue weighted by atomic mass is 79.9. The molecule has 4 nitrogen and oxygen atoms in total. The van der Waals surface area contributed by atoms with E-state index in [0.717, 1.165) is 10.7 Å². The van der Waals surface area contributed by atoms with E-state index in [9.17, 15) is 4.79 Å². The van der Waals surface area contributed by atoms with E-state index in [2.05, 4.69) is 4.98 Å². The Morgan fingerprint density at radius 2 is 2.31 bits per heavy atom. The zero-order valence-electron chi connectivity index (χ0n) is 9.10. The summed E-state index contributed by atoms with van der Waals surface area (Å²) >= 11 is 1.61. The number of imidazole rings is 1. The van der Waals surface area contributed by atoms with E-state index in [1.165, 1.54) is 4.88 Å². The SMILES string of the molecule is Br.CCOC(=O)Cc1cn2cc(C)sc2n1. The Morgan fingerprint density at radius 3 is 2.94 bits per heavy atom. The third-order valence-corrected chi connectivity index (χ3v) is 2.86. The molecule has 0 unspecified atom stereocenters. The summed E-state index contributed by atoms with van der Waals surface area (Å²) in [6, 6.07) is 0. The predicted molar refractivity (Wildman–Crippen MR) is 68.5 cm³/mol. The number of hydrogen-bond acceptors (Lipinski definition) is 4. The van der Waals surface area contributed by atoms with Gasteiger partial charge in [0.25, 0.3) is 0 Å². The minimum atomic E-state index is -0.222. The summed E-state index contributed by atoms with van der Waals surface area (Å²) in [6.45, 7) is 4.25. The van der Waals surface area contributed by atoms with E-state index in [1.807, 2.05) is 23.7 Å². The zero-order valence-corrected chi connectivity index (χ0v) is 11.6. The minimum Gasteiger partial charge on any atom is -0.466 e. The van der Waals surface area contributed by atoms with Crippen LogP contribution in [0.5, 0.6) is 0 Å². The minimum absolute atomic E-state index is 0. The predicted octanol–water partition coefficient (Wildman–Crippen LogP) is 2.39. The molecule has 0 aliphatic heterocycles. The van der Waals surface area contributed by atoms with E-state index < -0.39 is 0 Å². The van der Waals surface area contributed by atoms with Gasteiger partial charge in [-0.1, -0.05) is 0 Å². The number of halogens is 1. The van der Waals surface area contributed by atoms with Gasteiger partial charge in [-0.2, -0.15) is 0 Å². The van der Waals surface area contributed by atoms with Crippen LogP contribution in [0.4, 0.5) is 0 Å². The van der Waals surface area contributed by atoms with Crippen LogP contribution in [0.15, 0.2) is 12.4 Å². The summed E-state index contributed by atoms with van der Waals surface area (Å²) in [4.78, 5) is 17.7. The molecule has 2 aromatic heterocycles. The summed E-state index contributed by atoms with van der Waals surface area (Å²) in [5.41, 5.74) is 0.764. The fraction of sp³-hybridized carbons (Fsp3) is 0.400. The van der Waals surface area contributed by atoms with Crippen molar-refractivity contribution >= 4 is 39.2 Å². The van der Waals surface area contributed by atoms with E-state index in [0.29, 0.717) is 6.61 Å². The van der Waals surface area contributed by atoms with Gasteiger partial charge in [-0.25, -0.2) is 4.98 Å².